The number of nitrogens with two attached hydrogens (primary N) is 1. The first kappa shape index (κ1) is 21.7. The number of nitrogens with zero attached hydrogens (tertiary/aromatic N) is 6. The van der Waals surface area contributed by atoms with E-state index in [1.54, 1.807) is 12.4 Å². The highest BCUT2D eigenvalue weighted by Gasteiger charge is 2.44. The number of hydrogen-bond donors (Lipinski definition) is 5. The number of nitrogens with one attached hydrogen (secondary N) is 2. The van der Waals surface area contributed by atoms with Crippen LogP contribution < -0.4 is 21.5 Å². The number of nitrogen functional groups attached to an aromatic ring is 1. The zero-order valence-corrected chi connectivity index (χ0v) is 17.7. The smallest absolute Gasteiger partial charge is 0.280 e. The molecule has 14 heteroatoms. The van der Waals surface area contributed by atoms with Crippen LogP contribution in [0.15, 0.2) is 23.5 Å². The second-order valence-corrected chi connectivity index (χ2v) is 7.94. The van der Waals surface area contributed by atoms with Crippen LogP contribution in [0.25, 0.3) is 11.2 Å². The summed E-state index contributed by atoms with van der Waals surface area (Å²) in [6.45, 7) is 3.58. The van der Waals surface area contributed by atoms with Crippen LogP contribution in [0.1, 0.15) is 11.8 Å². The number of aromatic amines is 1. The molecule has 3 aromatic rings. The first-order valence-electron chi connectivity index (χ1n) is 10.6. The molecule has 0 aromatic carbocycles. The molecule has 0 amide bonds. The van der Waals surface area contributed by atoms with Crippen molar-refractivity contribution in [2.24, 2.45) is 0 Å². The van der Waals surface area contributed by atoms with Gasteiger partial charge in [0.15, 0.2) is 17.4 Å². The van der Waals surface area contributed by atoms with Crippen molar-refractivity contribution in [2.75, 3.05) is 43.5 Å². The predicted molar refractivity (Wildman–Crippen MR) is 115 cm³/mol. The molecule has 2 fully saturated rings. The van der Waals surface area contributed by atoms with Crippen molar-refractivity contribution < 1.29 is 19.7 Å². The molecular formula is C19H25N9O5. The van der Waals surface area contributed by atoms with Crippen LogP contribution in [0.4, 0.5) is 11.9 Å². The number of morpholine rings is 1. The summed E-state index contributed by atoms with van der Waals surface area (Å²) < 4.78 is 12.6. The number of fused-ring (bicyclic) bond motifs is 1. The number of aliphatic hydroxyl groups is 2. The van der Waals surface area contributed by atoms with Gasteiger partial charge < -0.3 is 35.6 Å². The summed E-state index contributed by atoms with van der Waals surface area (Å²) in [6.07, 6.45) is 0.763. The van der Waals surface area contributed by atoms with Crippen LogP contribution in [0.5, 0.6) is 0 Å². The molecule has 2 saturated heterocycles. The van der Waals surface area contributed by atoms with Crippen molar-refractivity contribution in [3.8, 4) is 0 Å². The van der Waals surface area contributed by atoms with E-state index >= 15 is 0 Å². The van der Waals surface area contributed by atoms with Gasteiger partial charge in [0, 0.05) is 44.1 Å². The molecule has 176 valence electrons. The summed E-state index contributed by atoms with van der Waals surface area (Å²) in [5.41, 5.74) is 6.23. The first-order chi connectivity index (χ1) is 16.0. The van der Waals surface area contributed by atoms with Gasteiger partial charge in [-0.25, -0.2) is 15.0 Å². The summed E-state index contributed by atoms with van der Waals surface area (Å²) in [5, 5.41) is 24.2. The van der Waals surface area contributed by atoms with Crippen LogP contribution in [0.2, 0.25) is 0 Å². The minimum Gasteiger partial charge on any atom is -0.387 e. The lowest BCUT2D eigenvalue weighted by Gasteiger charge is -2.26. The number of ether oxygens (including phenoxy) is 2. The number of anilines is 2. The van der Waals surface area contributed by atoms with Gasteiger partial charge in [-0.3, -0.25) is 14.3 Å². The number of imidazole rings is 1. The summed E-state index contributed by atoms with van der Waals surface area (Å²) in [4.78, 5) is 33.3. The van der Waals surface area contributed by atoms with Gasteiger partial charge in [-0.2, -0.15) is 4.98 Å². The Morgan fingerprint density at radius 1 is 1.18 bits per heavy atom. The molecule has 33 heavy (non-hydrogen) atoms. The van der Waals surface area contributed by atoms with E-state index in [1.165, 1.54) is 10.9 Å². The number of hydrogen-bond acceptors (Lipinski definition) is 12. The maximum atomic E-state index is 12.0. The van der Waals surface area contributed by atoms with E-state index in [1.807, 2.05) is 0 Å². The fourth-order valence-electron chi connectivity index (χ4n) is 3.98. The van der Waals surface area contributed by atoms with E-state index in [4.69, 9.17) is 15.2 Å². The SMILES string of the molecule is Nc1nc2c(ncn2[C@@H]2O[C@H](CNCc3cnc(N4CCOCC4)nc3)[C@@H](O)[C@H]2O)c(=O)[nH]1. The largest absolute Gasteiger partial charge is 0.387 e. The summed E-state index contributed by atoms with van der Waals surface area (Å²) >= 11 is 0. The van der Waals surface area contributed by atoms with Crippen molar-refractivity contribution in [3.05, 3.63) is 34.6 Å². The van der Waals surface area contributed by atoms with Crippen molar-refractivity contribution in [1.82, 2.24) is 34.8 Å². The third-order valence-electron chi connectivity index (χ3n) is 5.72. The Balaban J connectivity index is 1.20. The van der Waals surface area contributed by atoms with E-state index in [9.17, 15) is 15.0 Å². The Morgan fingerprint density at radius 3 is 2.70 bits per heavy atom. The van der Waals surface area contributed by atoms with E-state index in [0.717, 1.165) is 18.7 Å². The Morgan fingerprint density at radius 2 is 1.94 bits per heavy atom. The van der Waals surface area contributed by atoms with E-state index in [0.29, 0.717) is 25.7 Å². The highest BCUT2D eigenvalue weighted by atomic mass is 16.6. The van der Waals surface area contributed by atoms with Crippen LogP contribution in [0.3, 0.4) is 0 Å². The topological polar surface area (TPSA) is 190 Å². The van der Waals surface area contributed by atoms with Crippen molar-refractivity contribution in [2.45, 2.75) is 31.1 Å². The molecule has 3 aromatic heterocycles. The maximum absolute atomic E-state index is 12.0. The van der Waals surface area contributed by atoms with Crippen LogP contribution in [0, 0.1) is 0 Å². The second kappa shape index (κ2) is 8.99. The lowest BCUT2D eigenvalue weighted by atomic mass is 10.1. The zero-order chi connectivity index (χ0) is 22.9. The van der Waals surface area contributed by atoms with Gasteiger partial charge in [0.05, 0.1) is 19.5 Å². The third kappa shape index (κ3) is 4.26. The quantitative estimate of drug-likeness (QED) is 0.266. The lowest BCUT2D eigenvalue weighted by molar-refractivity contribution is -0.0342. The Bertz CT molecular complexity index is 1160. The molecule has 0 aliphatic carbocycles. The average Bonchev–Trinajstić information content (AvgIpc) is 3.36. The van der Waals surface area contributed by atoms with Gasteiger partial charge in [-0.15, -0.1) is 0 Å². The van der Waals surface area contributed by atoms with Crippen LogP contribution in [-0.4, -0.2) is 90.9 Å². The van der Waals surface area contributed by atoms with E-state index in [2.05, 4.69) is 35.1 Å². The predicted octanol–water partition coefficient (Wildman–Crippen LogP) is -2.26. The molecule has 6 N–H and O–H groups in total. The molecule has 0 bridgehead atoms. The van der Waals surface area contributed by atoms with E-state index < -0.39 is 30.1 Å². The summed E-state index contributed by atoms with van der Waals surface area (Å²) in [6, 6.07) is 0. The third-order valence-corrected chi connectivity index (χ3v) is 5.72. The molecule has 5 rings (SSSR count). The molecule has 0 spiro atoms. The van der Waals surface area contributed by atoms with Gasteiger partial charge in [-0.1, -0.05) is 0 Å². The normalized spacial score (nSPS) is 25.7. The van der Waals surface area contributed by atoms with Gasteiger partial charge in [0.1, 0.15) is 18.3 Å². The van der Waals surface area contributed by atoms with Gasteiger partial charge in [0.2, 0.25) is 11.9 Å². The summed E-state index contributed by atoms with van der Waals surface area (Å²) in [5.74, 6) is 0.588. The monoisotopic (exact) mass is 459 g/mol. The number of aliphatic hydroxyl groups excluding tert-OH is 2. The minimum absolute atomic E-state index is 0.0663. The maximum Gasteiger partial charge on any atom is 0.280 e. The number of H-pyrrole nitrogens is 1. The van der Waals surface area contributed by atoms with Crippen molar-refractivity contribution in [3.63, 3.8) is 0 Å². The van der Waals surface area contributed by atoms with E-state index in [-0.39, 0.29) is 23.7 Å². The highest BCUT2D eigenvalue weighted by molar-refractivity contribution is 5.70. The molecule has 14 nitrogen and oxygen atoms in total. The molecule has 0 saturated carbocycles. The Hall–Kier alpha value is -3.17. The number of aromatic nitrogens is 6. The average molecular weight is 459 g/mol. The zero-order valence-electron chi connectivity index (χ0n) is 17.7. The van der Waals surface area contributed by atoms with Crippen molar-refractivity contribution in [1.29, 1.82) is 0 Å². The molecular weight excluding hydrogens is 434 g/mol. The standard InChI is InChI=1S/C19H25N9O5/c20-18-25-15-12(16(31)26-18)24-9-28(15)17-14(30)13(29)11(33-17)8-21-5-10-6-22-19(23-7-10)27-1-3-32-4-2-27/h6-7,9,11,13-14,17,21,29-30H,1-5,8H2,(H3,20,25,26,31)/t11-,13-,14-,17-/m1/s1. The molecule has 4 atom stereocenters. The molecule has 5 heterocycles. The first-order valence-corrected chi connectivity index (χ1v) is 10.6. The van der Waals surface area contributed by atoms with Gasteiger partial charge in [0.25, 0.3) is 5.56 Å². The molecule has 2 aliphatic heterocycles. The molecule has 2 aliphatic rings. The molecule has 0 radical (unpaired) electrons. The fourth-order valence-corrected chi connectivity index (χ4v) is 3.98. The van der Waals surface area contributed by atoms with Crippen LogP contribution in [-0.2, 0) is 16.0 Å². The molecule has 0 unspecified atom stereocenters. The summed E-state index contributed by atoms with van der Waals surface area (Å²) in [7, 11) is 0. The second-order valence-electron chi connectivity index (χ2n) is 7.94. The van der Waals surface area contributed by atoms with Crippen molar-refractivity contribution >= 4 is 23.1 Å². The highest BCUT2D eigenvalue weighted by Crippen LogP contribution is 2.30. The number of rotatable bonds is 6. The fraction of sp³-hybridized carbons (Fsp3) is 0.526. The Labute approximate surface area is 187 Å². The lowest BCUT2D eigenvalue weighted by Crippen LogP contribution is -2.38. The Kier molecular flexibility index (Phi) is 5.90. The minimum atomic E-state index is -1.24. The van der Waals surface area contributed by atoms with Crippen LogP contribution >= 0.6 is 0 Å². The van der Waals surface area contributed by atoms with Gasteiger partial charge >= 0.3 is 0 Å². The van der Waals surface area contributed by atoms with Gasteiger partial charge in [-0.05, 0) is 0 Å².